The molecule has 0 bridgehead atoms. The zero-order valence-electron chi connectivity index (χ0n) is 6.90. The van der Waals surface area contributed by atoms with Gasteiger partial charge in [0, 0.05) is 18.0 Å². The van der Waals surface area contributed by atoms with Gasteiger partial charge in [-0.15, -0.1) is 0 Å². The lowest BCUT2D eigenvalue weighted by Crippen LogP contribution is -2.13. The van der Waals surface area contributed by atoms with E-state index in [0.29, 0.717) is 12.4 Å². The van der Waals surface area contributed by atoms with E-state index in [9.17, 15) is 0 Å². The van der Waals surface area contributed by atoms with E-state index in [1.807, 2.05) is 6.92 Å². The number of nitrogens with zero attached hydrogens (tertiary/aromatic N) is 2. The second-order valence-electron chi connectivity index (χ2n) is 2.13. The van der Waals surface area contributed by atoms with Gasteiger partial charge < -0.3 is 10.6 Å². The molecule has 0 saturated carbocycles. The second-order valence-corrected chi connectivity index (χ2v) is 2.13. The number of nitrogens with two attached hydrogens (primary N) is 1. The fraction of sp³-hybridized carbons (Fsp3) is 0.250. The van der Waals surface area contributed by atoms with E-state index < -0.39 is 0 Å². The van der Waals surface area contributed by atoms with E-state index >= 15 is 0 Å². The lowest BCUT2D eigenvalue weighted by atomic mass is 10.2. The number of hydrogen-bond acceptors (Lipinski definition) is 3. The Morgan fingerprint density at radius 1 is 1.58 bits per heavy atom. The maximum absolute atomic E-state index is 5.58. The number of pyridine rings is 1. The standard InChI is InChI=1S/C8H11N3O/c1-2-12-11-8(9)7-3-5-10-6-4-7/h3-6H,2H2,1H3,(H2,9,11). The molecule has 4 nitrogen and oxygen atoms in total. The molecule has 0 aliphatic heterocycles. The first-order valence-corrected chi connectivity index (χ1v) is 3.70. The molecule has 0 radical (unpaired) electrons. The van der Waals surface area contributed by atoms with Crippen molar-refractivity contribution in [3.8, 4) is 0 Å². The maximum Gasteiger partial charge on any atom is 0.170 e. The van der Waals surface area contributed by atoms with Crippen LogP contribution in [0.3, 0.4) is 0 Å². The summed E-state index contributed by atoms with van der Waals surface area (Å²) in [6, 6.07) is 3.55. The Morgan fingerprint density at radius 3 is 2.83 bits per heavy atom. The smallest absolute Gasteiger partial charge is 0.170 e. The van der Waals surface area contributed by atoms with Gasteiger partial charge in [0.2, 0.25) is 0 Å². The first-order chi connectivity index (χ1) is 5.84. The molecular weight excluding hydrogens is 154 g/mol. The predicted octanol–water partition coefficient (Wildman–Crippen LogP) is 0.738. The number of rotatable bonds is 3. The lowest BCUT2D eigenvalue weighted by Gasteiger charge is -1.98. The van der Waals surface area contributed by atoms with Crippen LogP contribution in [0.15, 0.2) is 29.7 Å². The quantitative estimate of drug-likeness (QED) is 0.408. The Labute approximate surface area is 71.0 Å². The van der Waals surface area contributed by atoms with Crippen molar-refractivity contribution in [1.82, 2.24) is 4.98 Å². The van der Waals surface area contributed by atoms with Crippen LogP contribution >= 0.6 is 0 Å². The summed E-state index contributed by atoms with van der Waals surface area (Å²) < 4.78 is 0. The summed E-state index contributed by atoms with van der Waals surface area (Å²) in [5.41, 5.74) is 6.40. The van der Waals surface area contributed by atoms with E-state index in [0.717, 1.165) is 5.56 Å². The third-order valence-corrected chi connectivity index (χ3v) is 1.27. The van der Waals surface area contributed by atoms with Crippen LogP contribution in [0.5, 0.6) is 0 Å². The molecule has 0 aliphatic rings. The molecular formula is C8H11N3O. The molecule has 0 atom stereocenters. The number of hydrogen-bond donors (Lipinski definition) is 1. The van der Waals surface area contributed by atoms with Crippen molar-refractivity contribution in [3.05, 3.63) is 30.1 Å². The fourth-order valence-electron chi connectivity index (χ4n) is 0.709. The minimum Gasteiger partial charge on any atom is -0.394 e. The van der Waals surface area contributed by atoms with Gasteiger partial charge in [-0.05, 0) is 19.1 Å². The van der Waals surface area contributed by atoms with Crippen LogP contribution in [0.1, 0.15) is 12.5 Å². The summed E-state index contributed by atoms with van der Waals surface area (Å²) in [4.78, 5) is 8.65. The highest BCUT2D eigenvalue weighted by Gasteiger charge is 1.95. The predicted molar refractivity (Wildman–Crippen MR) is 46.6 cm³/mol. The molecule has 1 aromatic rings. The molecule has 0 aliphatic carbocycles. The number of oxime groups is 1. The van der Waals surface area contributed by atoms with Gasteiger partial charge in [-0.3, -0.25) is 4.98 Å². The average Bonchev–Trinajstić information content (AvgIpc) is 2.15. The average molecular weight is 165 g/mol. The molecule has 0 aromatic carbocycles. The van der Waals surface area contributed by atoms with Gasteiger partial charge in [-0.1, -0.05) is 5.16 Å². The second kappa shape index (κ2) is 4.33. The summed E-state index contributed by atoms with van der Waals surface area (Å²) in [5.74, 6) is 0.374. The summed E-state index contributed by atoms with van der Waals surface area (Å²) in [7, 11) is 0. The highest BCUT2D eigenvalue weighted by Crippen LogP contribution is 1.95. The Balaban J connectivity index is 2.71. The molecule has 12 heavy (non-hydrogen) atoms. The third-order valence-electron chi connectivity index (χ3n) is 1.27. The Bertz CT molecular complexity index is 258. The van der Waals surface area contributed by atoms with Crippen molar-refractivity contribution in [3.63, 3.8) is 0 Å². The Morgan fingerprint density at radius 2 is 2.25 bits per heavy atom. The van der Waals surface area contributed by atoms with Crippen LogP contribution in [0, 0.1) is 0 Å². The zero-order valence-corrected chi connectivity index (χ0v) is 6.90. The zero-order chi connectivity index (χ0) is 8.81. The van der Waals surface area contributed by atoms with Crippen molar-refractivity contribution in [1.29, 1.82) is 0 Å². The van der Waals surface area contributed by atoms with Crippen molar-refractivity contribution in [2.24, 2.45) is 10.9 Å². The topological polar surface area (TPSA) is 60.5 Å². The van der Waals surface area contributed by atoms with Crippen LogP contribution in [0.2, 0.25) is 0 Å². The van der Waals surface area contributed by atoms with Crippen LogP contribution < -0.4 is 5.73 Å². The highest BCUT2D eigenvalue weighted by atomic mass is 16.6. The molecule has 4 heteroatoms. The van der Waals surface area contributed by atoms with Gasteiger partial charge in [-0.25, -0.2) is 0 Å². The molecule has 2 N–H and O–H groups in total. The van der Waals surface area contributed by atoms with Gasteiger partial charge in [0.1, 0.15) is 6.61 Å². The van der Waals surface area contributed by atoms with Gasteiger partial charge in [0.25, 0.3) is 0 Å². The van der Waals surface area contributed by atoms with Gasteiger partial charge >= 0.3 is 0 Å². The molecule has 64 valence electrons. The van der Waals surface area contributed by atoms with Crippen LogP contribution in [-0.2, 0) is 4.84 Å². The maximum atomic E-state index is 5.58. The summed E-state index contributed by atoms with van der Waals surface area (Å²) in [5, 5.41) is 3.68. The molecule has 0 amide bonds. The van der Waals surface area contributed by atoms with Gasteiger partial charge in [0.05, 0.1) is 0 Å². The minimum absolute atomic E-state index is 0.374. The molecule has 0 spiro atoms. The molecule has 0 unspecified atom stereocenters. The summed E-state index contributed by atoms with van der Waals surface area (Å²) in [6.07, 6.45) is 3.31. The SMILES string of the molecule is CCO/N=C(\N)c1ccncc1. The van der Waals surface area contributed by atoms with Crippen molar-refractivity contribution < 1.29 is 4.84 Å². The van der Waals surface area contributed by atoms with Gasteiger partial charge in [0.15, 0.2) is 5.84 Å². The highest BCUT2D eigenvalue weighted by molar-refractivity contribution is 5.96. The molecule has 0 saturated heterocycles. The van der Waals surface area contributed by atoms with Gasteiger partial charge in [-0.2, -0.15) is 0 Å². The number of amidine groups is 1. The third kappa shape index (κ3) is 2.23. The lowest BCUT2D eigenvalue weighted by molar-refractivity contribution is 0.158. The Kier molecular flexibility index (Phi) is 3.07. The van der Waals surface area contributed by atoms with E-state index in [1.165, 1.54) is 0 Å². The Hall–Kier alpha value is -1.58. The van der Waals surface area contributed by atoms with Crippen molar-refractivity contribution in [2.45, 2.75) is 6.92 Å². The summed E-state index contributed by atoms with van der Waals surface area (Å²) in [6.45, 7) is 2.37. The van der Waals surface area contributed by atoms with Crippen LogP contribution in [0.25, 0.3) is 0 Å². The first-order valence-electron chi connectivity index (χ1n) is 3.70. The van der Waals surface area contributed by atoms with E-state index in [4.69, 9.17) is 10.6 Å². The largest absolute Gasteiger partial charge is 0.394 e. The van der Waals surface area contributed by atoms with E-state index in [-0.39, 0.29) is 0 Å². The fourth-order valence-corrected chi connectivity index (χ4v) is 0.709. The van der Waals surface area contributed by atoms with E-state index in [1.54, 1.807) is 24.5 Å². The minimum atomic E-state index is 0.374. The van der Waals surface area contributed by atoms with Crippen molar-refractivity contribution in [2.75, 3.05) is 6.61 Å². The van der Waals surface area contributed by atoms with Crippen LogP contribution in [-0.4, -0.2) is 17.4 Å². The first kappa shape index (κ1) is 8.52. The van der Waals surface area contributed by atoms with E-state index in [2.05, 4.69) is 10.1 Å². The summed E-state index contributed by atoms with van der Waals surface area (Å²) >= 11 is 0. The van der Waals surface area contributed by atoms with Crippen molar-refractivity contribution >= 4 is 5.84 Å². The molecule has 1 aromatic heterocycles. The number of aromatic nitrogens is 1. The molecule has 1 rings (SSSR count). The van der Waals surface area contributed by atoms with Crippen LogP contribution in [0.4, 0.5) is 0 Å². The molecule has 0 fully saturated rings. The molecule has 1 heterocycles. The monoisotopic (exact) mass is 165 g/mol. The normalized spacial score (nSPS) is 11.2.